The van der Waals surface area contributed by atoms with Gasteiger partial charge < -0.3 is 15.0 Å². The van der Waals surface area contributed by atoms with E-state index < -0.39 is 0 Å². The average molecular weight is 246 g/mol. The van der Waals surface area contributed by atoms with Crippen molar-refractivity contribution in [2.24, 2.45) is 0 Å². The summed E-state index contributed by atoms with van der Waals surface area (Å²) in [6.07, 6.45) is 2.92. The first-order valence-electron chi connectivity index (χ1n) is 6.22. The minimum Gasteiger partial charge on any atom is -0.465 e. The van der Waals surface area contributed by atoms with Crippen molar-refractivity contribution in [2.75, 3.05) is 19.7 Å². The fourth-order valence-electron chi connectivity index (χ4n) is 1.96. The Kier molecular flexibility index (Phi) is 4.36. The van der Waals surface area contributed by atoms with Gasteiger partial charge in [-0.05, 0) is 31.5 Å². The number of H-pyrrole nitrogens is 1. The van der Waals surface area contributed by atoms with Gasteiger partial charge in [0, 0.05) is 17.1 Å². The number of carbonyl (C=O) groups is 1. The Labute approximate surface area is 106 Å². The summed E-state index contributed by atoms with van der Waals surface area (Å²) in [6.45, 7) is 3.28. The van der Waals surface area contributed by atoms with Gasteiger partial charge in [0.25, 0.3) is 0 Å². The van der Waals surface area contributed by atoms with Gasteiger partial charge in [0.1, 0.15) is 0 Å². The molecule has 0 radical (unpaired) electrons. The van der Waals surface area contributed by atoms with Crippen LogP contribution in [-0.2, 0) is 16.0 Å². The highest BCUT2D eigenvalue weighted by molar-refractivity contribution is 5.83. The molecular weight excluding hydrogens is 228 g/mol. The second kappa shape index (κ2) is 6.21. The van der Waals surface area contributed by atoms with E-state index >= 15 is 0 Å². The molecule has 2 N–H and O–H groups in total. The molecule has 0 aliphatic carbocycles. The number of esters is 1. The van der Waals surface area contributed by atoms with Crippen LogP contribution >= 0.6 is 0 Å². The third kappa shape index (κ3) is 3.11. The van der Waals surface area contributed by atoms with Crippen LogP contribution in [0.1, 0.15) is 12.5 Å². The monoisotopic (exact) mass is 246 g/mol. The number of fused-ring (bicyclic) bond motifs is 1. The van der Waals surface area contributed by atoms with Crippen LogP contribution in [0, 0.1) is 0 Å². The largest absolute Gasteiger partial charge is 0.465 e. The van der Waals surface area contributed by atoms with Gasteiger partial charge in [0.15, 0.2) is 0 Å². The first-order valence-corrected chi connectivity index (χ1v) is 6.22. The molecule has 0 saturated heterocycles. The van der Waals surface area contributed by atoms with Crippen molar-refractivity contribution in [2.45, 2.75) is 13.3 Å². The summed E-state index contributed by atoms with van der Waals surface area (Å²) in [5.41, 5.74) is 2.42. The second-order valence-electron chi connectivity index (χ2n) is 4.09. The van der Waals surface area contributed by atoms with Crippen LogP contribution in [0.5, 0.6) is 0 Å². The lowest BCUT2D eigenvalue weighted by Crippen LogP contribution is -2.26. The Balaban J connectivity index is 1.82. The quantitative estimate of drug-likeness (QED) is 0.604. The summed E-state index contributed by atoms with van der Waals surface area (Å²) in [5.74, 6) is -0.198. The van der Waals surface area contributed by atoms with E-state index in [1.54, 1.807) is 0 Å². The molecule has 0 aliphatic rings. The molecule has 1 aromatic carbocycles. The number of carbonyl (C=O) groups excluding carboxylic acids is 1. The lowest BCUT2D eigenvalue weighted by atomic mass is 10.1. The predicted molar refractivity (Wildman–Crippen MR) is 71.5 cm³/mol. The zero-order valence-electron chi connectivity index (χ0n) is 10.5. The zero-order valence-corrected chi connectivity index (χ0v) is 10.5. The summed E-state index contributed by atoms with van der Waals surface area (Å²) in [5, 5.41) is 4.33. The van der Waals surface area contributed by atoms with E-state index in [4.69, 9.17) is 4.74 Å². The fourth-order valence-corrected chi connectivity index (χ4v) is 1.96. The summed E-state index contributed by atoms with van der Waals surface area (Å²) in [6, 6.07) is 8.21. The average Bonchev–Trinajstić information content (AvgIpc) is 2.78. The smallest absolute Gasteiger partial charge is 0.319 e. The van der Waals surface area contributed by atoms with E-state index in [1.807, 2.05) is 25.3 Å². The summed E-state index contributed by atoms with van der Waals surface area (Å²) >= 11 is 0. The number of hydrogen-bond donors (Lipinski definition) is 2. The molecule has 0 bridgehead atoms. The van der Waals surface area contributed by atoms with E-state index in [0.29, 0.717) is 6.61 Å². The fraction of sp³-hybridized carbons (Fsp3) is 0.357. The highest BCUT2D eigenvalue weighted by Gasteiger charge is 2.03. The van der Waals surface area contributed by atoms with Crippen molar-refractivity contribution in [3.05, 3.63) is 36.0 Å². The standard InChI is InChI=1S/C14H18N2O2/c1-2-18-14(17)10-15-8-7-11-9-16-13-6-4-3-5-12(11)13/h3-6,9,15-16H,2,7-8,10H2,1H3. The molecule has 4 nitrogen and oxygen atoms in total. The predicted octanol–water partition coefficient (Wildman–Crippen LogP) is 1.86. The van der Waals surface area contributed by atoms with Crippen molar-refractivity contribution < 1.29 is 9.53 Å². The normalized spacial score (nSPS) is 10.7. The number of hydrogen-bond acceptors (Lipinski definition) is 3. The minimum atomic E-state index is -0.198. The van der Waals surface area contributed by atoms with E-state index in [-0.39, 0.29) is 12.5 Å². The number of para-hydroxylation sites is 1. The number of nitrogens with one attached hydrogen (secondary N) is 2. The number of rotatable bonds is 6. The van der Waals surface area contributed by atoms with Crippen molar-refractivity contribution in [3.8, 4) is 0 Å². The highest BCUT2D eigenvalue weighted by Crippen LogP contribution is 2.17. The number of aromatic amines is 1. The third-order valence-corrected chi connectivity index (χ3v) is 2.82. The third-order valence-electron chi connectivity index (χ3n) is 2.82. The molecule has 0 unspecified atom stereocenters. The highest BCUT2D eigenvalue weighted by atomic mass is 16.5. The molecule has 0 amide bonds. The van der Waals surface area contributed by atoms with Gasteiger partial charge in [-0.25, -0.2) is 0 Å². The van der Waals surface area contributed by atoms with Crippen LogP contribution in [0.2, 0.25) is 0 Å². The lowest BCUT2D eigenvalue weighted by molar-refractivity contribution is -0.141. The Hall–Kier alpha value is -1.81. The van der Waals surface area contributed by atoms with Crippen molar-refractivity contribution in [1.82, 2.24) is 10.3 Å². The van der Waals surface area contributed by atoms with E-state index in [1.165, 1.54) is 10.9 Å². The first kappa shape index (κ1) is 12.6. The van der Waals surface area contributed by atoms with Crippen LogP contribution < -0.4 is 5.32 Å². The second-order valence-corrected chi connectivity index (χ2v) is 4.09. The van der Waals surface area contributed by atoms with Crippen LogP contribution in [-0.4, -0.2) is 30.6 Å². The molecule has 0 fully saturated rings. The molecular formula is C14H18N2O2. The molecule has 1 aromatic heterocycles. The van der Waals surface area contributed by atoms with Crippen molar-refractivity contribution >= 4 is 16.9 Å². The van der Waals surface area contributed by atoms with Crippen molar-refractivity contribution in [1.29, 1.82) is 0 Å². The van der Waals surface area contributed by atoms with Gasteiger partial charge in [-0.3, -0.25) is 4.79 Å². The Morgan fingerprint density at radius 3 is 3.06 bits per heavy atom. The van der Waals surface area contributed by atoms with Crippen LogP contribution in [0.25, 0.3) is 10.9 Å². The van der Waals surface area contributed by atoms with Crippen LogP contribution in [0.3, 0.4) is 0 Å². The summed E-state index contributed by atoms with van der Waals surface area (Å²) in [4.78, 5) is 14.4. The van der Waals surface area contributed by atoms with Gasteiger partial charge in [-0.15, -0.1) is 0 Å². The SMILES string of the molecule is CCOC(=O)CNCCc1c[nH]c2ccccc12. The Morgan fingerprint density at radius 2 is 2.22 bits per heavy atom. The lowest BCUT2D eigenvalue weighted by Gasteiger charge is -2.04. The summed E-state index contributed by atoms with van der Waals surface area (Å²) in [7, 11) is 0. The van der Waals surface area contributed by atoms with Gasteiger partial charge in [-0.2, -0.15) is 0 Å². The van der Waals surface area contributed by atoms with Gasteiger partial charge >= 0.3 is 5.97 Å². The molecule has 0 saturated carbocycles. The van der Waals surface area contributed by atoms with Gasteiger partial charge in [0.2, 0.25) is 0 Å². The number of benzene rings is 1. The maximum atomic E-state index is 11.1. The zero-order chi connectivity index (χ0) is 12.8. The van der Waals surface area contributed by atoms with Gasteiger partial charge in [-0.1, -0.05) is 18.2 Å². The molecule has 1 heterocycles. The van der Waals surface area contributed by atoms with E-state index in [9.17, 15) is 4.79 Å². The van der Waals surface area contributed by atoms with Crippen molar-refractivity contribution in [3.63, 3.8) is 0 Å². The Bertz CT molecular complexity index is 519. The summed E-state index contributed by atoms with van der Waals surface area (Å²) < 4.78 is 4.84. The van der Waals surface area contributed by atoms with E-state index in [0.717, 1.165) is 18.5 Å². The Morgan fingerprint density at radius 1 is 1.39 bits per heavy atom. The molecule has 0 aliphatic heterocycles. The first-order chi connectivity index (χ1) is 8.81. The van der Waals surface area contributed by atoms with Crippen LogP contribution in [0.15, 0.2) is 30.5 Å². The topological polar surface area (TPSA) is 54.1 Å². The number of ether oxygens (including phenoxy) is 1. The van der Waals surface area contributed by atoms with E-state index in [2.05, 4.69) is 22.4 Å². The maximum Gasteiger partial charge on any atom is 0.319 e. The molecule has 0 atom stereocenters. The molecule has 4 heteroatoms. The minimum absolute atomic E-state index is 0.198. The van der Waals surface area contributed by atoms with Crippen LogP contribution in [0.4, 0.5) is 0 Å². The molecule has 96 valence electrons. The molecule has 2 rings (SSSR count). The van der Waals surface area contributed by atoms with Gasteiger partial charge in [0.05, 0.1) is 13.2 Å². The molecule has 0 spiro atoms. The maximum absolute atomic E-state index is 11.1. The molecule has 18 heavy (non-hydrogen) atoms. The number of aromatic nitrogens is 1. The molecule has 2 aromatic rings.